The van der Waals surface area contributed by atoms with Crippen molar-refractivity contribution in [1.29, 1.82) is 0 Å². The fourth-order valence-corrected chi connectivity index (χ4v) is 1.07. The van der Waals surface area contributed by atoms with E-state index in [0.717, 1.165) is 0 Å². The lowest BCUT2D eigenvalue weighted by Crippen LogP contribution is -1.76. The van der Waals surface area contributed by atoms with Crippen molar-refractivity contribution >= 4 is 0 Å². The first-order chi connectivity index (χ1) is 4.91. The Bertz CT molecular complexity index is 69.3. The van der Waals surface area contributed by atoms with Crippen LogP contribution >= 0.6 is 0 Å². The van der Waals surface area contributed by atoms with E-state index in [0.29, 0.717) is 0 Å². The van der Waals surface area contributed by atoms with Gasteiger partial charge in [0.1, 0.15) is 0 Å². The van der Waals surface area contributed by atoms with Crippen molar-refractivity contribution in [2.24, 2.45) is 0 Å². The number of hydrogen-bond donors (Lipinski definition) is 0. The third-order valence-corrected chi connectivity index (χ3v) is 1.76. The summed E-state index contributed by atoms with van der Waals surface area (Å²) in [6.07, 6.45) is 11.6. The van der Waals surface area contributed by atoms with Gasteiger partial charge in [-0.1, -0.05) is 45.1 Å². The molecule has 0 radical (unpaired) electrons. The van der Waals surface area contributed by atoms with Gasteiger partial charge < -0.3 is 0 Å². The SMILES string of the molecule is C=CCCCCCCCC.F. The summed E-state index contributed by atoms with van der Waals surface area (Å²) in [6.45, 7) is 5.95. The van der Waals surface area contributed by atoms with Gasteiger partial charge in [-0.2, -0.15) is 0 Å². The van der Waals surface area contributed by atoms with Crippen LogP contribution < -0.4 is 0 Å². The van der Waals surface area contributed by atoms with Gasteiger partial charge in [0, 0.05) is 0 Å². The van der Waals surface area contributed by atoms with Crippen molar-refractivity contribution < 1.29 is 4.70 Å². The van der Waals surface area contributed by atoms with Crippen molar-refractivity contribution in [1.82, 2.24) is 0 Å². The predicted molar refractivity (Wildman–Crippen MR) is 50.7 cm³/mol. The van der Waals surface area contributed by atoms with E-state index in [1.165, 1.54) is 44.9 Å². The van der Waals surface area contributed by atoms with Gasteiger partial charge in [0.15, 0.2) is 0 Å². The first-order valence-corrected chi connectivity index (χ1v) is 4.52. The van der Waals surface area contributed by atoms with Crippen LogP contribution in [0.4, 0.5) is 4.70 Å². The number of unbranched alkanes of at least 4 members (excludes halogenated alkanes) is 6. The topological polar surface area (TPSA) is 0 Å². The van der Waals surface area contributed by atoms with Gasteiger partial charge in [-0.15, -0.1) is 6.58 Å². The minimum absolute atomic E-state index is 0. The van der Waals surface area contributed by atoms with Gasteiger partial charge >= 0.3 is 0 Å². The van der Waals surface area contributed by atoms with Crippen LogP contribution in [0.5, 0.6) is 0 Å². The van der Waals surface area contributed by atoms with Gasteiger partial charge in [-0.3, -0.25) is 4.70 Å². The molecule has 0 rings (SSSR count). The Morgan fingerprint density at radius 3 is 2.09 bits per heavy atom. The maximum absolute atomic E-state index is 3.69. The van der Waals surface area contributed by atoms with Crippen molar-refractivity contribution in [3.05, 3.63) is 12.7 Å². The van der Waals surface area contributed by atoms with E-state index < -0.39 is 0 Å². The maximum atomic E-state index is 3.69. The molecule has 0 nitrogen and oxygen atoms in total. The normalized spacial score (nSPS) is 8.82. The number of halogens is 1. The van der Waals surface area contributed by atoms with E-state index in [1.54, 1.807) is 0 Å². The molecule has 0 aromatic heterocycles. The molecule has 0 aromatic rings. The highest BCUT2D eigenvalue weighted by Gasteiger charge is 1.86. The van der Waals surface area contributed by atoms with Crippen molar-refractivity contribution in [3.63, 3.8) is 0 Å². The molecule has 0 N–H and O–H groups in total. The molecule has 11 heavy (non-hydrogen) atoms. The van der Waals surface area contributed by atoms with Gasteiger partial charge in [0.2, 0.25) is 0 Å². The van der Waals surface area contributed by atoms with Crippen LogP contribution in [-0.2, 0) is 0 Å². The lowest BCUT2D eigenvalue weighted by molar-refractivity contribution is 0.611. The van der Waals surface area contributed by atoms with Crippen LogP contribution in [0.1, 0.15) is 51.9 Å². The maximum Gasteiger partial charge on any atom is -0.0353 e. The Labute approximate surface area is 70.1 Å². The molecule has 0 aromatic carbocycles. The fraction of sp³-hybridized carbons (Fsp3) is 0.800. The second-order valence-electron chi connectivity index (χ2n) is 2.85. The molecule has 0 unspecified atom stereocenters. The molecule has 1 heteroatoms. The highest BCUT2D eigenvalue weighted by Crippen LogP contribution is 2.06. The monoisotopic (exact) mass is 160 g/mol. The van der Waals surface area contributed by atoms with Gasteiger partial charge in [0.05, 0.1) is 0 Å². The summed E-state index contributed by atoms with van der Waals surface area (Å²) < 4.78 is 0. The van der Waals surface area contributed by atoms with Crippen LogP contribution in [-0.4, -0.2) is 0 Å². The number of hydrogen-bond acceptors (Lipinski definition) is 0. The predicted octanol–water partition coefficient (Wildman–Crippen LogP) is 4.08. The highest BCUT2D eigenvalue weighted by atomic mass is 19.0. The van der Waals surface area contributed by atoms with E-state index in [2.05, 4.69) is 13.5 Å². The van der Waals surface area contributed by atoms with Crippen LogP contribution in [0.15, 0.2) is 12.7 Å². The second-order valence-corrected chi connectivity index (χ2v) is 2.85. The highest BCUT2D eigenvalue weighted by molar-refractivity contribution is 4.65. The average Bonchev–Trinajstić information content (AvgIpc) is 1.97. The molecular weight excluding hydrogens is 139 g/mol. The number of allylic oxidation sites excluding steroid dienone is 1. The van der Waals surface area contributed by atoms with Gasteiger partial charge in [0.25, 0.3) is 0 Å². The second kappa shape index (κ2) is 12.4. The summed E-state index contributed by atoms with van der Waals surface area (Å²) in [7, 11) is 0. The van der Waals surface area contributed by atoms with E-state index >= 15 is 0 Å². The van der Waals surface area contributed by atoms with Crippen LogP contribution in [0.2, 0.25) is 0 Å². The van der Waals surface area contributed by atoms with E-state index in [4.69, 9.17) is 0 Å². The van der Waals surface area contributed by atoms with Gasteiger partial charge in [-0.25, -0.2) is 0 Å². The molecular formula is C10H21F. The largest absolute Gasteiger partial charge is 0.269 e. The first-order valence-electron chi connectivity index (χ1n) is 4.52. The molecule has 0 aliphatic heterocycles. The molecule has 0 aliphatic rings. The van der Waals surface area contributed by atoms with E-state index in [9.17, 15) is 0 Å². The lowest BCUT2D eigenvalue weighted by atomic mass is 10.1. The minimum Gasteiger partial charge on any atom is -0.269 e. The van der Waals surface area contributed by atoms with Crippen LogP contribution in [0, 0.1) is 0 Å². The van der Waals surface area contributed by atoms with Crippen LogP contribution in [0.25, 0.3) is 0 Å². The fourth-order valence-electron chi connectivity index (χ4n) is 1.07. The summed E-state index contributed by atoms with van der Waals surface area (Å²) in [6, 6.07) is 0. The quantitative estimate of drug-likeness (QED) is 0.389. The first kappa shape index (κ1) is 13.3. The Balaban J connectivity index is 0. The zero-order valence-electron chi connectivity index (χ0n) is 7.64. The molecule has 0 aliphatic carbocycles. The Morgan fingerprint density at radius 2 is 1.55 bits per heavy atom. The van der Waals surface area contributed by atoms with E-state index in [1.807, 2.05) is 6.08 Å². The zero-order valence-corrected chi connectivity index (χ0v) is 7.64. The summed E-state index contributed by atoms with van der Waals surface area (Å²) in [5, 5.41) is 0. The van der Waals surface area contributed by atoms with Crippen LogP contribution in [0.3, 0.4) is 0 Å². The van der Waals surface area contributed by atoms with Crippen molar-refractivity contribution in [3.8, 4) is 0 Å². The molecule has 0 heterocycles. The Kier molecular flexibility index (Phi) is 14.9. The standard InChI is InChI=1S/C10H20.FH/c1-3-5-7-9-10-8-6-4-2;/h3H,1,4-10H2,2H3;1H. The third kappa shape index (κ3) is 12.8. The molecule has 0 atom stereocenters. The molecule has 0 saturated heterocycles. The summed E-state index contributed by atoms with van der Waals surface area (Å²) in [5.41, 5.74) is 0. The number of rotatable bonds is 7. The molecule has 0 spiro atoms. The molecule has 0 fully saturated rings. The smallest absolute Gasteiger partial charge is 0.0353 e. The average molecular weight is 160 g/mol. The van der Waals surface area contributed by atoms with Gasteiger partial charge in [-0.05, 0) is 12.8 Å². The lowest BCUT2D eigenvalue weighted by Gasteiger charge is -1.96. The Morgan fingerprint density at radius 1 is 1.00 bits per heavy atom. The molecule has 0 amide bonds. The summed E-state index contributed by atoms with van der Waals surface area (Å²) in [5.74, 6) is 0. The molecule has 68 valence electrons. The summed E-state index contributed by atoms with van der Waals surface area (Å²) >= 11 is 0. The summed E-state index contributed by atoms with van der Waals surface area (Å²) in [4.78, 5) is 0. The molecule has 0 saturated carbocycles. The van der Waals surface area contributed by atoms with E-state index in [-0.39, 0.29) is 4.70 Å². The molecule has 0 bridgehead atoms. The third-order valence-electron chi connectivity index (χ3n) is 1.76. The Hall–Kier alpha value is -0.330. The van der Waals surface area contributed by atoms with Crippen molar-refractivity contribution in [2.45, 2.75) is 51.9 Å². The zero-order chi connectivity index (χ0) is 7.66. The minimum atomic E-state index is 0. The van der Waals surface area contributed by atoms with Crippen molar-refractivity contribution in [2.75, 3.05) is 0 Å².